The van der Waals surface area contributed by atoms with Crippen molar-refractivity contribution >= 4 is 5.91 Å². The maximum Gasteiger partial charge on any atom is 0.224 e. The predicted molar refractivity (Wildman–Crippen MR) is 84.9 cm³/mol. The van der Waals surface area contributed by atoms with E-state index >= 15 is 0 Å². The van der Waals surface area contributed by atoms with E-state index < -0.39 is 0 Å². The van der Waals surface area contributed by atoms with Gasteiger partial charge in [0.1, 0.15) is 11.5 Å². The SMILES string of the molecule is CCCC(N)CC(=O)N(CCN(C)C)Cc1ccc(C)o1. The third-order valence-electron chi connectivity index (χ3n) is 3.41. The average Bonchev–Trinajstić information content (AvgIpc) is 2.79. The first-order valence-corrected chi connectivity index (χ1v) is 7.65. The minimum Gasteiger partial charge on any atom is -0.464 e. The van der Waals surface area contributed by atoms with Gasteiger partial charge < -0.3 is 20.0 Å². The number of carbonyl (C=O) groups excluding carboxylic acids is 1. The Balaban J connectivity index is 2.64. The van der Waals surface area contributed by atoms with Gasteiger partial charge in [-0.3, -0.25) is 4.79 Å². The Bertz CT molecular complexity index is 429. The second-order valence-electron chi connectivity index (χ2n) is 5.88. The molecule has 1 rings (SSSR count). The van der Waals surface area contributed by atoms with Gasteiger partial charge in [0, 0.05) is 25.6 Å². The van der Waals surface area contributed by atoms with Crippen LogP contribution in [0.25, 0.3) is 0 Å². The Labute approximate surface area is 128 Å². The molecule has 0 bridgehead atoms. The van der Waals surface area contributed by atoms with Gasteiger partial charge >= 0.3 is 0 Å². The lowest BCUT2D eigenvalue weighted by Gasteiger charge is -2.25. The summed E-state index contributed by atoms with van der Waals surface area (Å²) < 4.78 is 5.58. The van der Waals surface area contributed by atoms with Crippen molar-refractivity contribution in [2.75, 3.05) is 27.2 Å². The Hall–Kier alpha value is -1.33. The molecule has 0 aliphatic rings. The summed E-state index contributed by atoms with van der Waals surface area (Å²) in [4.78, 5) is 16.3. The highest BCUT2D eigenvalue weighted by Crippen LogP contribution is 2.12. The van der Waals surface area contributed by atoms with Crippen LogP contribution in [-0.2, 0) is 11.3 Å². The number of hydrogen-bond donors (Lipinski definition) is 1. The second kappa shape index (κ2) is 8.85. The molecule has 0 fully saturated rings. The van der Waals surface area contributed by atoms with Crippen LogP contribution in [0.4, 0.5) is 0 Å². The number of carbonyl (C=O) groups is 1. The maximum atomic E-state index is 12.4. The van der Waals surface area contributed by atoms with Gasteiger partial charge in [0.15, 0.2) is 0 Å². The number of nitrogens with two attached hydrogens (primary N) is 1. The number of amides is 1. The molecular formula is C16H29N3O2. The first-order chi connectivity index (χ1) is 9.92. The second-order valence-corrected chi connectivity index (χ2v) is 5.88. The summed E-state index contributed by atoms with van der Waals surface area (Å²) in [7, 11) is 4.00. The lowest BCUT2D eigenvalue weighted by atomic mass is 10.1. The van der Waals surface area contributed by atoms with Crippen LogP contribution in [0.15, 0.2) is 16.5 Å². The number of furan rings is 1. The molecule has 2 N–H and O–H groups in total. The molecule has 0 radical (unpaired) electrons. The van der Waals surface area contributed by atoms with Crippen molar-refractivity contribution < 1.29 is 9.21 Å². The molecule has 1 atom stereocenters. The Morgan fingerprint density at radius 1 is 1.33 bits per heavy atom. The van der Waals surface area contributed by atoms with Crippen molar-refractivity contribution in [3.63, 3.8) is 0 Å². The zero-order chi connectivity index (χ0) is 15.8. The molecule has 1 amide bonds. The number of rotatable bonds is 9. The van der Waals surface area contributed by atoms with Crippen molar-refractivity contribution in [2.24, 2.45) is 5.73 Å². The zero-order valence-electron chi connectivity index (χ0n) is 13.8. The summed E-state index contributed by atoms with van der Waals surface area (Å²) in [6.45, 7) is 6.02. The molecule has 1 unspecified atom stereocenters. The first-order valence-electron chi connectivity index (χ1n) is 7.65. The molecule has 1 aromatic heterocycles. The lowest BCUT2D eigenvalue weighted by Crippen LogP contribution is -2.39. The number of aryl methyl sites for hydroxylation is 1. The Kier molecular flexibility index (Phi) is 7.47. The van der Waals surface area contributed by atoms with Gasteiger partial charge in [-0.25, -0.2) is 0 Å². The standard InChI is InChI=1S/C16H29N3O2/c1-5-6-14(17)11-16(20)19(10-9-18(3)4)12-15-8-7-13(2)21-15/h7-8,14H,5-6,9-12,17H2,1-4H3. The van der Waals surface area contributed by atoms with Crippen LogP contribution < -0.4 is 5.73 Å². The van der Waals surface area contributed by atoms with E-state index in [9.17, 15) is 4.79 Å². The molecular weight excluding hydrogens is 266 g/mol. The van der Waals surface area contributed by atoms with E-state index in [-0.39, 0.29) is 11.9 Å². The minimum atomic E-state index is -0.0531. The summed E-state index contributed by atoms with van der Waals surface area (Å²) in [6, 6.07) is 3.80. The highest BCUT2D eigenvalue weighted by molar-refractivity contribution is 5.76. The van der Waals surface area contributed by atoms with Crippen molar-refractivity contribution in [3.05, 3.63) is 23.7 Å². The van der Waals surface area contributed by atoms with Crippen molar-refractivity contribution in [3.8, 4) is 0 Å². The smallest absolute Gasteiger partial charge is 0.224 e. The van der Waals surface area contributed by atoms with Crippen LogP contribution in [0.3, 0.4) is 0 Å². The van der Waals surface area contributed by atoms with Gasteiger partial charge in [0.2, 0.25) is 5.91 Å². The molecule has 0 spiro atoms. The van der Waals surface area contributed by atoms with E-state index in [2.05, 4.69) is 11.8 Å². The monoisotopic (exact) mass is 295 g/mol. The molecule has 0 saturated carbocycles. The minimum absolute atomic E-state index is 0.0531. The van der Waals surface area contributed by atoms with Crippen molar-refractivity contribution in [2.45, 2.75) is 45.7 Å². The van der Waals surface area contributed by atoms with Gasteiger partial charge in [0.05, 0.1) is 6.54 Å². The maximum absolute atomic E-state index is 12.4. The molecule has 5 heteroatoms. The van der Waals surface area contributed by atoms with E-state index in [0.717, 1.165) is 30.9 Å². The summed E-state index contributed by atoms with van der Waals surface area (Å²) in [5, 5.41) is 0. The van der Waals surface area contributed by atoms with Crippen molar-refractivity contribution in [1.82, 2.24) is 9.80 Å². The first kappa shape index (κ1) is 17.7. The average molecular weight is 295 g/mol. The molecule has 0 aliphatic carbocycles. The molecule has 5 nitrogen and oxygen atoms in total. The lowest BCUT2D eigenvalue weighted by molar-refractivity contribution is -0.132. The summed E-state index contributed by atoms with van der Waals surface area (Å²) >= 11 is 0. The molecule has 1 aromatic rings. The van der Waals surface area contributed by atoms with E-state index in [1.165, 1.54) is 0 Å². The van der Waals surface area contributed by atoms with E-state index in [4.69, 9.17) is 10.2 Å². The fraction of sp³-hybridized carbons (Fsp3) is 0.688. The molecule has 1 heterocycles. The molecule has 21 heavy (non-hydrogen) atoms. The Morgan fingerprint density at radius 3 is 2.57 bits per heavy atom. The quantitative estimate of drug-likeness (QED) is 0.757. The van der Waals surface area contributed by atoms with Gasteiger partial charge in [-0.1, -0.05) is 13.3 Å². The highest BCUT2D eigenvalue weighted by atomic mass is 16.3. The summed E-state index contributed by atoms with van der Waals surface area (Å²) in [5.41, 5.74) is 6.00. The van der Waals surface area contributed by atoms with Gasteiger partial charge in [-0.05, 0) is 39.6 Å². The van der Waals surface area contributed by atoms with Crippen LogP contribution >= 0.6 is 0 Å². The number of nitrogens with zero attached hydrogens (tertiary/aromatic N) is 2. The third kappa shape index (κ3) is 6.78. The van der Waals surface area contributed by atoms with Gasteiger partial charge in [-0.2, -0.15) is 0 Å². The molecule has 0 saturated heterocycles. The van der Waals surface area contributed by atoms with E-state index in [1.807, 2.05) is 38.1 Å². The largest absolute Gasteiger partial charge is 0.464 e. The zero-order valence-corrected chi connectivity index (χ0v) is 13.8. The summed E-state index contributed by atoms with van der Waals surface area (Å²) in [6.07, 6.45) is 2.29. The molecule has 0 aliphatic heterocycles. The van der Waals surface area contributed by atoms with Crippen LogP contribution in [0.2, 0.25) is 0 Å². The fourth-order valence-electron chi connectivity index (χ4n) is 2.20. The molecule has 0 aromatic carbocycles. The van der Waals surface area contributed by atoms with Crippen LogP contribution in [-0.4, -0.2) is 48.9 Å². The summed E-state index contributed by atoms with van der Waals surface area (Å²) in [5.74, 6) is 1.79. The number of likely N-dealkylation sites (N-methyl/N-ethyl adjacent to an activating group) is 1. The van der Waals surface area contributed by atoms with E-state index in [1.54, 1.807) is 0 Å². The topological polar surface area (TPSA) is 62.7 Å². The normalized spacial score (nSPS) is 12.7. The number of hydrogen-bond acceptors (Lipinski definition) is 4. The van der Waals surface area contributed by atoms with Gasteiger partial charge in [0.25, 0.3) is 0 Å². The van der Waals surface area contributed by atoms with Crippen LogP contribution in [0.1, 0.15) is 37.7 Å². The van der Waals surface area contributed by atoms with Crippen LogP contribution in [0, 0.1) is 6.92 Å². The van der Waals surface area contributed by atoms with E-state index in [0.29, 0.717) is 19.5 Å². The van der Waals surface area contributed by atoms with Crippen molar-refractivity contribution in [1.29, 1.82) is 0 Å². The molecule has 120 valence electrons. The third-order valence-corrected chi connectivity index (χ3v) is 3.41. The van der Waals surface area contributed by atoms with Crippen LogP contribution in [0.5, 0.6) is 0 Å². The Morgan fingerprint density at radius 2 is 2.05 bits per heavy atom. The fourth-order valence-corrected chi connectivity index (χ4v) is 2.20. The van der Waals surface area contributed by atoms with Gasteiger partial charge in [-0.15, -0.1) is 0 Å². The predicted octanol–water partition coefficient (Wildman–Crippen LogP) is 2.00. The highest BCUT2D eigenvalue weighted by Gasteiger charge is 2.18.